The van der Waals surface area contributed by atoms with Crippen LogP contribution in [-0.4, -0.2) is 15.0 Å². The third-order valence-corrected chi connectivity index (χ3v) is 2.16. The molecule has 0 aliphatic heterocycles. The van der Waals surface area contributed by atoms with Gasteiger partial charge in [-0.1, -0.05) is 6.07 Å². The van der Waals surface area contributed by atoms with Crippen molar-refractivity contribution >= 4 is 18.4 Å². The summed E-state index contributed by atoms with van der Waals surface area (Å²) in [5, 5.41) is 3.18. The number of nitrogens with one attached hydrogen (secondary N) is 1. The van der Waals surface area contributed by atoms with Crippen molar-refractivity contribution in [1.82, 2.24) is 15.0 Å². The summed E-state index contributed by atoms with van der Waals surface area (Å²) in [4.78, 5) is 12.7. The molecule has 0 fully saturated rings. The highest BCUT2D eigenvalue weighted by molar-refractivity contribution is 5.85. The number of nitrogens with zero attached hydrogens (tertiary/aromatic N) is 3. The van der Waals surface area contributed by atoms with Crippen molar-refractivity contribution in [2.24, 2.45) is 0 Å². The number of anilines is 1. The number of hydrogen-bond donors (Lipinski definition) is 1. The maximum Gasteiger partial charge on any atom is 0.223 e. The summed E-state index contributed by atoms with van der Waals surface area (Å²) in [5.41, 5.74) is 3.06. The van der Waals surface area contributed by atoms with Crippen LogP contribution in [0.15, 0.2) is 30.6 Å². The Morgan fingerprint density at radius 3 is 2.47 bits per heavy atom. The Morgan fingerprint density at radius 1 is 1.18 bits per heavy atom. The lowest BCUT2D eigenvalue weighted by Gasteiger charge is -2.06. The molecule has 2 aromatic heterocycles. The molecule has 0 atom stereocenters. The minimum absolute atomic E-state index is 0. The molecule has 0 spiro atoms. The number of rotatable bonds is 3. The number of aromatic nitrogens is 3. The van der Waals surface area contributed by atoms with Crippen molar-refractivity contribution in [3.05, 3.63) is 47.5 Å². The first-order chi connectivity index (χ1) is 7.74. The molecule has 0 aliphatic carbocycles. The summed E-state index contributed by atoms with van der Waals surface area (Å²) >= 11 is 0. The zero-order valence-corrected chi connectivity index (χ0v) is 10.7. The van der Waals surface area contributed by atoms with Crippen molar-refractivity contribution in [3.63, 3.8) is 0 Å². The van der Waals surface area contributed by atoms with Gasteiger partial charge >= 0.3 is 0 Å². The van der Waals surface area contributed by atoms with Gasteiger partial charge in [0.15, 0.2) is 0 Å². The highest BCUT2D eigenvalue weighted by Gasteiger charge is 1.98. The predicted octanol–water partition coefficient (Wildman–Crippen LogP) is 2.52. The van der Waals surface area contributed by atoms with Crippen molar-refractivity contribution in [3.8, 4) is 0 Å². The second-order valence-electron chi connectivity index (χ2n) is 3.69. The fraction of sp³-hybridized carbons (Fsp3) is 0.250. The average Bonchev–Trinajstić information content (AvgIpc) is 2.27. The van der Waals surface area contributed by atoms with Gasteiger partial charge in [-0.3, -0.25) is 4.98 Å². The highest BCUT2D eigenvalue weighted by Crippen LogP contribution is 2.05. The average molecular weight is 251 g/mol. The second kappa shape index (κ2) is 6.15. The van der Waals surface area contributed by atoms with Gasteiger partial charge in [0.05, 0.1) is 0 Å². The first-order valence-corrected chi connectivity index (χ1v) is 5.19. The molecule has 90 valence electrons. The molecule has 0 radical (unpaired) electrons. The van der Waals surface area contributed by atoms with E-state index < -0.39 is 0 Å². The summed E-state index contributed by atoms with van der Waals surface area (Å²) in [5.74, 6) is 0.668. The van der Waals surface area contributed by atoms with Crippen LogP contribution in [0.2, 0.25) is 0 Å². The molecule has 17 heavy (non-hydrogen) atoms. The van der Waals surface area contributed by atoms with E-state index >= 15 is 0 Å². The van der Waals surface area contributed by atoms with Crippen molar-refractivity contribution in [1.29, 1.82) is 0 Å². The largest absolute Gasteiger partial charge is 0.350 e. The van der Waals surface area contributed by atoms with E-state index in [1.807, 2.05) is 38.2 Å². The molecule has 0 saturated carbocycles. The Hall–Kier alpha value is -1.68. The molecular formula is C12H15ClN4. The predicted molar refractivity (Wildman–Crippen MR) is 70.3 cm³/mol. The SMILES string of the molecule is Cc1cc(C)nc(NCc2cccnc2)n1.Cl. The Morgan fingerprint density at radius 2 is 1.88 bits per heavy atom. The van der Waals surface area contributed by atoms with E-state index in [9.17, 15) is 0 Å². The van der Waals surface area contributed by atoms with E-state index in [-0.39, 0.29) is 12.4 Å². The number of halogens is 1. The van der Waals surface area contributed by atoms with Gasteiger partial charge in [0.25, 0.3) is 0 Å². The Kier molecular flexibility index (Phi) is 4.84. The summed E-state index contributed by atoms with van der Waals surface area (Å²) in [6.45, 7) is 4.62. The van der Waals surface area contributed by atoms with Crippen molar-refractivity contribution in [2.75, 3.05) is 5.32 Å². The molecule has 0 saturated heterocycles. The molecule has 5 heteroatoms. The van der Waals surface area contributed by atoms with E-state index in [0.29, 0.717) is 12.5 Å². The Bertz CT molecular complexity index is 453. The molecular weight excluding hydrogens is 236 g/mol. The van der Waals surface area contributed by atoms with Crippen LogP contribution >= 0.6 is 12.4 Å². The lowest BCUT2D eigenvalue weighted by atomic mass is 10.3. The first kappa shape index (κ1) is 13.4. The van der Waals surface area contributed by atoms with Gasteiger partial charge in [0, 0.05) is 30.3 Å². The molecule has 1 N–H and O–H groups in total. The van der Waals surface area contributed by atoms with Gasteiger partial charge in [0.1, 0.15) is 0 Å². The number of aryl methyl sites for hydroxylation is 2. The van der Waals surface area contributed by atoms with Gasteiger partial charge in [-0.05, 0) is 31.5 Å². The van der Waals surface area contributed by atoms with Crippen LogP contribution in [0, 0.1) is 13.8 Å². The number of hydrogen-bond acceptors (Lipinski definition) is 4. The Balaban J connectivity index is 0.00000144. The molecule has 0 aliphatic rings. The Labute approximate surface area is 107 Å². The monoisotopic (exact) mass is 250 g/mol. The lowest BCUT2D eigenvalue weighted by Crippen LogP contribution is -2.05. The fourth-order valence-corrected chi connectivity index (χ4v) is 1.49. The molecule has 4 nitrogen and oxygen atoms in total. The van der Waals surface area contributed by atoms with Gasteiger partial charge < -0.3 is 5.32 Å². The van der Waals surface area contributed by atoms with Crippen LogP contribution in [0.25, 0.3) is 0 Å². The normalized spacial score (nSPS) is 9.53. The standard InChI is InChI=1S/C12H14N4.ClH/c1-9-6-10(2)16-12(15-9)14-8-11-4-3-5-13-7-11;/h3-7H,8H2,1-2H3,(H,14,15,16);1H. The molecule has 0 aromatic carbocycles. The third kappa shape index (κ3) is 4.00. The maximum atomic E-state index is 4.31. The summed E-state index contributed by atoms with van der Waals surface area (Å²) < 4.78 is 0. The van der Waals surface area contributed by atoms with Crippen molar-refractivity contribution < 1.29 is 0 Å². The molecule has 2 heterocycles. The van der Waals surface area contributed by atoms with Gasteiger partial charge in [-0.25, -0.2) is 9.97 Å². The van der Waals surface area contributed by atoms with Crippen LogP contribution in [-0.2, 0) is 6.54 Å². The number of pyridine rings is 1. The molecule has 0 unspecified atom stereocenters. The highest BCUT2D eigenvalue weighted by atomic mass is 35.5. The quantitative estimate of drug-likeness (QED) is 0.910. The maximum absolute atomic E-state index is 4.31. The van der Waals surface area contributed by atoms with Crippen LogP contribution in [0.1, 0.15) is 17.0 Å². The van der Waals surface area contributed by atoms with E-state index in [4.69, 9.17) is 0 Å². The zero-order valence-electron chi connectivity index (χ0n) is 9.84. The van der Waals surface area contributed by atoms with Crippen LogP contribution in [0.4, 0.5) is 5.95 Å². The van der Waals surface area contributed by atoms with E-state index in [2.05, 4.69) is 20.3 Å². The van der Waals surface area contributed by atoms with Gasteiger partial charge in [-0.2, -0.15) is 0 Å². The summed E-state index contributed by atoms with van der Waals surface area (Å²) in [7, 11) is 0. The van der Waals surface area contributed by atoms with E-state index in [1.165, 1.54) is 0 Å². The first-order valence-electron chi connectivity index (χ1n) is 5.19. The summed E-state index contributed by atoms with van der Waals surface area (Å²) in [6.07, 6.45) is 3.59. The minimum Gasteiger partial charge on any atom is -0.350 e. The lowest BCUT2D eigenvalue weighted by molar-refractivity contribution is 0.998. The van der Waals surface area contributed by atoms with Crippen LogP contribution in [0.3, 0.4) is 0 Å². The molecule has 0 amide bonds. The van der Waals surface area contributed by atoms with Crippen molar-refractivity contribution in [2.45, 2.75) is 20.4 Å². The summed E-state index contributed by atoms with van der Waals surface area (Å²) in [6, 6.07) is 5.89. The molecule has 0 bridgehead atoms. The minimum atomic E-state index is 0. The van der Waals surface area contributed by atoms with Crippen LogP contribution < -0.4 is 5.32 Å². The smallest absolute Gasteiger partial charge is 0.223 e. The third-order valence-electron chi connectivity index (χ3n) is 2.16. The van der Waals surface area contributed by atoms with Gasteiger partial charge in [0.2, 0.25) is 5.95 Å². The van der Waals surface area contributed by atoms with E-state index in [1.54, 1.807) is 6.20 Å². The second-order valence-corrected chi connectivity index (χ2v) is 3.69. The fourth-order valence-electron chi connectivity index (χ4n) is 1.49. The molecule has 2 rings (SSSR count). The zero-order chi connectivity index (χ0) is 11.4. The van der Waals surface area contributed by atoms with Gasteiger partial charge in [-0.15, -0.1) is 12.4 Å². The van der Waals surface area contributed by atoms with E-state index in [0.717, 1.165) is 17.0 Å². The topological polar surface area (TPSA) is 50.7 Å². The molecule has 2 aromatic rings. The van der Waals surface area contributed by atoms with Crippen LogP contribution in [0.5, 0.6) is 0 Å².